The highest BCUT2D eigenvalue weighted by Crippen LogP contribution is 2.22. The zero-order valence-corrected chi connectivity index (χ0v) is 14.5. The highest BCUT2D eigenvalue weighted by atomic mass is 32.1. The van der Waals surface area contributed by atoms with Gasteiger partial charge in [-0.25, -0.2) is 0 Å². The predicted molar refractivity (Wildman–Crippen MR) is 94.1 cm³/mol. The lowest BCUT2D eigenvalue weighted by Crippen LogP contribution is -2.41. The second-order valence-electron chi connectivity index (χ2n) is 5.24. The Bertz CT molecular complexity index is 783. The average molecular weight is 345 g/mol. The third-order valence-electron chi connectivity index (χ3n) is 3.30. The van der Waals surface area contributed by atoms with Gasteiger partial charge in [-0.2, -0.15) is 0 Å². The molecule has 0 saturated heterocycles. The van der Waals surface area contributed by atoms with Crippen LogP contribution in [-0.4, -0.2) is 17.7 Å². The SMILES string of the molecule is CCc1sc(C(=O)NNC(=O)c2cccc(NC(C)=O)c2)cc1C. The molecule has 0 aliphatic carbocycles. The number of thiophene rings is 1. The summed E-state index contributed by atoms with van der Waals surface area (Å²) in [6, 6.07) is 8.27. The standard InChI is InChI=1S/C17H19N3O3S/c1-4-14-10(2)8-15(24-14)17(23)20-19-16(22)12-6-5-7-13(9-12)18-11(3)21/h5-9H,4H2,1-3H3,(H,18,21)(H,19,22)(H,20,23). The molecule has 0 aliphatic heterocycles. The van der Waals surface area contributed by atoms with Crippen molar-refractivity contribution in [3.8, 4) is 0 Å². The van der Waals surface area contributed by atoms with Gasteiger partial charge in [-0.1, -0.05) is 13.0 Å². The maximum atomic E-state index is 12.1. The zero-order valence-electron chi connectivity index (χ0n) is 13.7. The van der Waals surface area contributed by atoms with Crippen LogP contribution in [0, 0.1) is 6.92 Å². The van der Waals surface area contributed by atoms with E-state index < -0.39 is 5.91 Å². The van der Waals surface area contributed by atoms with E-state index in [9.17, 15) is 14.4 Å². The van der Waals surface area contributed by atoms with Gasteiger partial charge >= 0.3 is 0 Å². The van der Waals surface area contributed by atoms with Crippen molar-refractivity contribution in [2.24, 2.45) is 0 Å². The van der Waals surface area contributed by atoms with Crippen molar-refractivity contribution in [3.63, 3.8) is 0 Å². The van der Waals surface area contributed by atoms with E-state index in [1.54, 1.807) is 18.2 Å². The van der Waals surface area contributed by atoms with Gasteiger partial charge in [-0.05, 0) is 43.2 Å². The maximum Gasteiger partial charge on any atom is 0.279 e. The van der Waals surface area contributed by atoms with Crippen molar-refractivity contribution in [1.29, 1.82) is 0 Å². The van der Waals surface area contributed by atoms with E-state index in [2.05, 4.69) is 16.2 Å². The Kier molecular flexibility index (Phi) is 5.70. The Hall–Kier alpha value is -2.67. The first kappa shape index (κ1) is 17.7. The molecule has 6 nitrogen and oxygen atoms in total. The van der Waals surface area contributed by atoms with Crippen molar-refractivity contribution >= 4 is 34.7 Å². The lowest BCUT2D eigenvalue weighted by Gasteiger charge is -2.08. The fourth-order valence-corrected chi connectivity index (χ4v) is 3.18. The summed E-state index contributed by atoms with van der Waals surface area (Å²) in [5.74, 6) is -1.03. The molecule has 0 saturated carbocycles. The van der Waals surface area contributed by atoms with E-state index in [4.69, 9.17) is 0 Å². The summed E-state index contributed by atoms with van der Waals surface area (Å²) >= 11 is 1.41. The predicted octanol–water partition coefficient (Wildman–Crippen LogP) is 2.65. The van der Waals surface area contributed by atoms with Crippen LogP contribution in [0.5, 0.6) is 0 Å². The van der Waals surface area contributed by atoms with Gasteiger partial charge in [0.2, 0.25) is 5.91 Å². The molecular weight excluding hydrogens is 326 g/mol. The highest BCUT2D eigenvalue weighted by molar-refractivity contribution is 7.14. The molecule has 1 aromatic heterocycles. The lowest BCUT2D eigenvalue weighted by molar-refractivity contribution is -0.114. The Labute approximate surface area is 144 Å². The maximum absolute atomic E-state index is 12.1. The summed E-state index contributed by atoms with van der Waals surface area (Å²) in [7, 11) is 0. The van der Waals surface area contributed by atoms with E-state index in [0.717, 1.165) is 16.9 Å². The largest absolute Gasteiger partial charge is 0.326 e. The number of amides is 3. The van der Waals surface area contributed by atoms with E-state index in [1.165, 1.54) is 24.3 Å². The van der Waals surface area contributed by atoms with Crippen LogP contribution in [0.1, 0.15) is 44.3 Å². The van der Waals surface area contributed by atoms with Gasteiger partial charge in [0.1, 0.15) is 0 Å². The van der Waals surface area contributed by atoms with Gasteiger partial charge in [-0.15, -0.1) is 11.3 Å². The molecule has 0 unspecified atom stereocenters. The van der Waals surface area contributed by atoms with Crippen molar-refractivity contribution in [2.75, 3.05) is 5.32 Å². The van der Waals surface area contributed by atoms with Gasteiger partial charge < -0.3 is 5.32 Å². The third kappa shape index (κ3) is 4.42. The molecule has 0 bridgehead atoms. The Morgan fingerprint density at radius 2 is 1.79 bits per heavy atom. The van der Waals surface area contributed by atoms with Crippen LogP contribution in [-0.2, 0) is 11.2 Å². The average Bonchev–Trinajstić information content (AvgIpc) is 2.93. The number of hydrogen-bond donors (Lipinski definition) is 3. The second-order valence-corrected chi connectivity index (χ2v) is 6.38. The number of nitrogens with one attached hydrogen (secondary N) is 3. The molecule has 0 spiro atoms. The van der Waals surface area contributed by atoms with Crippen LogP contribution in [0.25, 0.3) is 0 Å². The fourth-order valence-electron chi connectivity index (χ4n) is 2.17. The Morgan fingerprint density at radius 1 is 1.08 bits per heavy atom. The molecule has 0 fully saturated rings. The first-order valence-corrected chi connectivity index (χ1v) is 8.30. The van der Waals surface area contributed by atoms with Crippen molar-refractivity contribution in [3.05, 3.63) is 51.2 Å². The normalized spacial score (nSPS) is 10.1. The minimum atomic E-state index is -0.459. The molecule has 1 aromatic carbocycles. The van der Waals surface area contributed by atoms with Crippen LogP contribution in [0.4, 0.5) is 5.69 Å². The number of rotatable bonds is 4. The lowest BCUT2D eigenvalue weighted by atomic mass is 10.2. The summed E-state index contributed by atoms with van der Waals surface area (Å²) < 4.78 is 0. The highest BCUT2D eigenvalue weighted by Gasteiger charge is 2.13. The third-order valence-corrected chi connectivity index (χ3v) is 4.68. The smallest absolute Gasteiger partial charge is 0.279 e. The minimum Gasteiger partial charge on any atom is -0.326 e. The van der Waals surface area contributed by atoms with Crippen LogP contribution in [0.2, 0.25) is 0 Å². The number of carbonyl (C=O) groups is 3. The molecule has 126 valence electrons. The number of hydrogen-bond acceptors (Lipinski definition) is 4. The van der Waals surface area contributed by atoms with Gasteiger partial charge in [0.05, 0.1) is 4.88 Å². The van der Waals surface area contributed by atoms with Crippen molar-refractivity contribution in [1.82, 2.24) is 10.9 Å². The molecule has 1 heterocycles. The van der Waals surface area contributed by atoms with Crippen LogP contribution < -0.4 is 16.2 Å². The first-order valence-electron chi connectivity index (χ1n) is 7.48. The number of aryl methyl sites for hydroxylation is 2. The molecule has 7 heteroatoms. The molecule has 2 rings (SSSR count). The van der Waals surface area contributed by atoms with E-state index in [0.29, 0.717) is 16.1 Å². The summed E-state index contributed by atoms with van der Waals surface area (Å²) in [6.07, 6.45) is 0.867. The quantitative estimate of drug-likeness (QED) is 0.745. The summed E-state index contributed by atoms with van der Waals surface area (Å²) in [5, 5.41) is 2.60. The number of anilines is 1. The van der Waals surface area contributed by atoms with Gasteiger partial charge in [0.25, 0.3) is 11.8 Å². The Balaban J connectivity index is 1.99. The van der Waals surface area contributed by atoms with E-state index >= 15 is 0 Å². The molecule has 3 N–H and O–H groups in total. The minimum absolute atomic E-state index is 0.222. The summed E-state index contributed by atoms with van der Waals surface area (Å²) in [6.45, 7) is 5.38. The molecule has 24 heavy (non-hydrogen) atoms. The molecular formula is C17H19N3O3S. The number of benzene rings is 1. The Morgan fingerprint density at radius 3 is 2.42 bits per heavy atom. The van der Waals surface area contributed by atoms with Gasteiger partial charge in [-0.3, -0.25) is 25.2 Å². The van der Waals surface area contributed by atoms with Crippen LogP contribution in [0.15, 0.2) is 30.3 Å². The van der Waals surface area contributed by atoms with E-state index in [-0.39, 0.29) is 11.8 Å². The first-order chi connectivity index (χ1) is 11.4. The van der Waals surface area contributed by atoms with Crippen molar-refractivity contribution < 1.29 is 14.4 Å². The molecule has 0 radical (unpaired) electrons. The van der Waals surface area contributed by atoms with Crippen LogP contribution >= 0.6 is 11.3 Å². The monoisotopic (exact) mass is 345 g/mol. The van der Waals surface area contributed by atoms with Gasteiger partial charge in [0.15, 0.2) is 0 Å². The zero-order chi connectivity index (χ0) is 17.7. The number of carbonyl (C=O) groups excluding carboxylic acids is 3. The molecule has 3 amide bonds. The topological polar surface area (TPSA) is 87.3 Å². The molecule has 0 atom stereocenters. The molecule has 2 aromatic rings. The second kappa shape index (κ2) is 7.74. The molecule has 0 aliphatic rings. The summed E-state index contributed by atoms with van der Waals surface area (Å²) in [4.78, 5) is 37.0. The van der Waals surface area contributed by atoms with Crippen LogP contribution in [0.3, 0.4) is 0 Å². The fraction of sp³-hybridized carbons (Fsp3) is 0.235. The summed E-state index contributed by atoms with van der Waals surface area (Å²) in [5.41, 5.74) is 6.71. The van der Waals surface area contributed by atoms with Crippen molar-refractivity contribution in [2.45, 2.75) is 27.2 Å². The van der Waals surface area contributed by atoms with Gasteiger partial charge in [0, 0.05) is 23.1 Å². The number of hydrazine groups is 1. The van der Waals surface area contributed by atoms with E-state index in [1.807, 2.05) is 19.9 Å².